The Hall–Kier alpha value is -2.04. The minimum absolute atomic E-state index is 0.201. The van der Waals surface area contributed by atoms with Crippen LogP contribution in [-0.4, -0.2) is 38.6 Å². The number of esters is 1. The Bertz CT molecular complexity index is 557. The van der Waals surface area contributed by atoms with Crippen molar-refractivity contribution in [1.29, 1.82) is 0 Å². The Morgan fingerprint density at radius 1 is 1.26 bits per heavy atom. The minimum Gasteiger partial charge on any atom is -0.452 e. The molecular weight excluding hydrogens is 292 g/mol. The summed E-state index contributed by atoms with van der Waals surface area (Å²) >= 11 is 0. The number of rotatable bonds is 5. The van der Waals surface area contributed by atoms with Crippen LogP contribution in [0.25, 0.3) is 0 Å². The molecule has 0 radical (unpaired) electrons. The first-order valence-corrected chi connectivity index (χ1v) is 8.21. The van der Waals surface area contributed by atoms with Gasteiger partial charge in [-0.25, -0.2) is 4.79 Å². The Morgan fingerprint density at radius 2 is 2.00 bits per heavy atom. The Morgan fingerprint density at radius 3 is 2.70 bits per heavy atom. The van der Waals surface area contributed by atoms with Gasteiger partial charge in [-0.3, -0.25) is 4.79 Å². The number of amides is 1. The highest BCUT2D eigenvalue weighted by molar-refractivity contribution is 5.92. The molecule has 2 atom stereocenters. The van der Waals surface area contributed by atoms with Gasteiger partial charge in [0.2, 0.25) is 0 Å². The first kappa shape index (κ1) is 17.3. The predicted octanol–water partition coefficient (Wildman–Crippen LogP) is 2.60. The lowest BCUT2D eigenvalue weighted by Crippen LogP contribution is -2.42. The van der Waals surface area contributed by atoms with Crippen molar-refractivity contribution in [3.63, 3.8) is 0 Å². The quantitative estimate of drug-likeness (QED) is 0.848. The van der Waals surface area contributed by atoms with E-state index in [0.29, 0.717) is 11.5 Å². The van der Waals surface area contributed by atoms with Crippen molar-refractivity contribution < 1.29 is 14.3 Å². The molecule has 1 aliphatic carbocycles. The smallest absolute Gasteiger partial charge is 0.338 e. The molecule has 2 rings (SSSR count). The van der Waals surface area contributed by atoms with Gasteiger partial charge in [0.05, 0.1) is 5.56 Å². The lowest BCUT2D eigenvalue weighted by molar-refractivity contribution is -0.125. The van der Waals surface area contributed by atoms with Crippen LogP contribution < -0.4 is 10.2 Å². The number of hydrogen-bond acceptors (Lipinski definition) is 4. The molecular formula is C18H26N2O3. The van der Waals surface area contributed by atoms with Gasteiger partial charge < -0.3 is 15.0 Å². The number of nitrogens with zero attached hydrogens (tertiary/aromatic N) is 1. The van der Waals surface area contributed by atoms with Gasteiger partial charge in [0.1, 0.15) is 0 Å². The molecule has 0 aromatic heterocycles. The molecule has 1 N–H and O–H groups in total. The molecule has 0 spiro atoms. The monoisotopic (exact) mass is 318 g/mol. The van der Waals surface area contributed by atoms with Gasteiger partial charge in [0.15, 0.2) is 6.61 Å². The maximum absolute atomic E-state index is 12.1. The van der Waals surface area contributed by atoms with Crippen molar-refractivity contribution in [1.82, 2.24) is 5.32 Å². The van der Waals surface area contributed by atoms with Gasteiger partial charge in [-0.15, -0.1) is 0 Å². The SMILES string of the molecule is C[C@@H]1CCCC[C@@H]1NC(=O)COC(=O)c1cccc(N(C)C)c1. The molecule has 126 valence electrons. The Kier molecular flexibility index (Phi) is 6.02. The van der Waals surface area contributed by atoms with Gasteiger partial charge in [-0.1, -0.05) is 25.8 Å². The first-order valence-electron chi connectivity index (χ1n) is 8.21. The first-order chi connectivity index (χ1) is 11.0. The average Bonchev–Trinajstić information content (AvgIpc) is 2.55. The standard InChI is InChI=1S/C18H26N2O3/c1-13-7-4-5-10-16(13)19-17(21)12-23-18(22)14-8-6-9-15(11-14)20(2)3/h6,8-9,11,13,16H,4-5,7,10,12H2,1-3H3,(H,19,21)/t13-,16+/m1/s1. The van der Waals surface area contributed by atoms with Crippen LogP contribution in [0.15, 0.2) is 24.3 Å². The second-order valence-electron chi connectivity index (χ2n) is 6.46. The molecule has 1 aromatic rings. The number of carbonyl (C=O) groups excluding carboxylic acids is 2. The van der Waals surface area contributed by atoms with E-state index in [1.54, 1.807) is 18.2 Å². The molecule has 1 aromatic carbocycles. The van der Waals surface area contributed by atoms with E-state index in [2.05, 4.69) is 12.2 Å². The zero-order chi connectivity index (χ0) is 16.8. The topological polar surface area (TPSA) is 58.6 Å². The summed E-state index contributed by atoms with van der Waals surface area (Å²) < 4.78 is 5.13. The van der Waals surface area contributed by atoms with Crippen LogP contribution in [0, 0.1) is 5.92 Å². The van der Waals surface area contributed by atoms with E-state index in [0.717, 1.165) is 24.9 Å². The van der Waals surface area contributed by atoms with Crippen LogP contribution in [0.2, 0.25) is 0 Å². The number of ether oxygens (including phenoxy) is 1. The maximum Gasteiger partial charge on any atom is 0.338 e. The highest BCUT2D eigenvalue weighted by Gasteiger charge is 2.23. The highest BCUT2D eigenvalue weighted by Crippen LogP contribution is 2.23. The number of nitrogens with one attached hydrogen (secondary N) is 1. The van der Waals surface area contributed by atoms with Gasteiger partial charge in [0.25, 0.3) is 5.91 Å². The van der Waals surface area contributed by atoms with Crippen LogP contribution in [0.3, 0.4) is 0 Å². The van der Waals surface area contributed by atoms with Gasteiger partial charge in [0, 0.05) is 25.8 Å². The van der Waals surface area contributed by atoms with Crippen molar-refractivity contribution in [3.8, 4) is 0 Å². The minimum atomic E-state index is -0.472. The van der Waals surface area contributed by atoms with Gasteiger partial charge in [-0.2, -0.15) is 0 Å². The molecule has 23 heavy (non-hydrogen) atoms. The fourth-order valence-corrected chi connectivity index (χ4v) is 2.90. The molecule has 0 unspecified atom stereocenters. The molecule has 5 heteroatoms. The number of benzene rings is 1. The average molecular weight is 318 g/mol. The lowest BCUT2D eigenvalue weighted by atomic mass is 9.86. The van der Waals surface area contributed by atoms with Crippen LogP contribution in [-0.2, 0) is 9.53 Å². The number of hydrogen-bond donors (Lipinski definition) is 1. The molecule has 0 aliphatic heterocycles. The van der Waals surface area contributed by atoms with E-state index in [-0.39, 0.29) is 18.6 Å². The molecule has 5 nitrogen and oxygen atoms in total. The van der Waals surface area contributed by atoms with E-state index in [4.69, 9.17) is 4.74 Å². The summed E-state index contributed by atoms with van der Waals surface area (Å²) in [5, 5.41) is 2.98. The fraction of sp³-hybridized carbons (Fsp3) is 0.556. The van der Waals surface area contributed by atoms with E-state index in [9.17, 15) is 9.59 Å². The zero-order valence-corrected chi connectivity index (χ0v) is 14.2. The third-order valence-corrected chi connectivity index (χ3v) is 4.39. The summed E-state index contributed by atoms with van der Waals surface area (Å²) in [6.45, 7) is 1.93. The molecule has 1 aliphatic rings. The second kappa shape index (κ2) is 7.99. The van der Waals surface area contributed by atoms with Crippen molar-refractivity contribution >= 4 is 17.6 Å². The Labute approximate surface area is 138 Å². The van der Waals surface area contributed by atoms with Gasteiger partial charge >= 0.3 is 5.97 Å². The normalized spacial score (nSPS) is 20.7. The van der Waals surface area contributed by atoms with Crippen LogP contribution >= 0.6 is 0 Å². The van der Waals surface area contributed by atoms with E-state index >= 15 is 0 Å². The van der Waals surface area contributed by atoms with E-state index < -0.39 is 5.97 Å². The molecule has 1 amide bonds. The summed E-state index contributed by atoms with van der Waals surface area (Å²) in [5.41, 5.74) is 1.37. The van der Waals surface area contributed by atoms with Crippen LogP contribution in [0.5, 0.6) is 0 Å². The van der Waals surface area contributed by atoms with E-state index in [1.165, 1.54) is 6.42 Å². The second-order valence-corrected chi connectivity index (χ2v) is 6.46. The molecule has 1 fully saturated rings. The molecule has 0 heterocycles. The third kappa shape index (κ3) is 4.98. The highest BCUT2D eigenvalue weighted by atomic mass is 16.5. The van der Waals surface area contributed by atoms with Gasteiger partial charge in [-0.05, 0) is 37.0 Å². The van der Waals surface area contributed by atoms with Crippen molar-refractivity contribution in [2.24, 2.45) is 5.92 Å². The van der Waals surface area contributed by atoms with Crippen LogP contribution in [0.4, 0.5) is 5.69 Å². The molecule has 1 saturated carbocycles. The third-order valence-electron chi connectivity index (χ3n) is 4.39. The van der Waals surface area contributed by atoms with Crippen LogP contribution in [0.1, 0.15) is 43.0 Å². The van der Waals surface area contributed by atoms with E-state index in [1.807, 2.05) is 25.1 Å². The van der Waals surface area contributed by atoms with Crippen molar-refractivity contribution in [2.45, 2.75) is 38.6 Å². The predicted molar refractivity (Wildman–Crippen MR) is 90.6 cm³/mol. The largest absolute Gasteiger partial charge is 0.452 e. The zero-order valence-electron chi connectivity index (χ0n) is 14.2. The summed E-state index contributed by atoms with van der Waals surface area (Å²) in [7, 11) is 3.81. The van der Waals surface area contributed by atoms with Crippen molar-refractivity contribution in [3.05, 3.63) is 29.8 Å². The Balaban J connectivity index is 1.84. The lowest BCUT2D eigenvalue weighted by Gasteiger charge is -2.29. The summed E-state index contributed by atoms with van der Waals surface area (Å²) in [5.74, 6) is -0.207. The summed E-state index contributed by atoms with van der Waals surface area (Å²) in [6.07, 6.45) is 4.52. The number of anilines is 1. The summed E-state index contributed by atoms with van der Waals surface area (Å²) in [4.78, 5) is 25.9. The maximum atomic E-state index is 12.1. The molecule has 0 bridgehead atoms. The van der Waals surface area contributed by atoms with Crippen molar-refractivity contribution in [2.75, 3.05) is 25.6 Å². The summed E-state index contributed by atoms with van der Waals surface area (Å²) in [6, 6.07) is 7.36. The fourth-order valence-electron chi connectivity index (χ4n) is 2.90. The number of carbonyl (C=O) groups is 2. The molecule has 0 saturated heterocycles.